The van der Waals surface area contributed by atoms with Gasteiger partial charge in [-0.1, -0.05) is 37.3 Å². The number of benzene rings is 1. The zero-order valence-electron chi connectivity index (χ0n) is 13.7. The molecule has 126 valence electrons. The molecule has 2 fully saturated rings. The number of hydrogen-bond acceptors (Lipinski definition) is 3. The molecule has 2 aliphatic rings. The van der Waals surface area contributed by atoms with Crippen molar-refractivity contribution in [2.45, 2.75) is 38.2 Å². The summed E-state index contributed by atoms with van der Waals surface area (Å²) in [5, 5.41) is 14.5. The van der Waals surface area contributed by atoms with Gasteiger partial charge in [-0.25, -0.2) is 0 Å². The smallest absolute Gasteiger partial charge is 0.208 e. The lowest BCUT2D eigenvalue weighted by Crippen LogP contribution is -2.36. The van der Waals surface area contributed by atoms with Gasteiger partial charge in [-0.3, -0.25) is 0 Å². The van der Waals surface area contributed by atoms with E-state index in [9.17, 15) is 5.11 Å². The van der Waals surface area contributed by atoms with Crippen molar-refractivity contribution in [3.05, 3.63) is 35.9 Å². The average Bonchev–Trinajstić information content (AvgIpc) is 2.85. The number of hydrogen-bond donors (Lipinski definition) is 4. The second-order valence-corrected chi connectivity index (χ2v) is 7.26. The zero-order valence-corrected chi connectivity index (χ0v) is 13.7. The molecule has 5 heteroatoms. The van der Waals surface area contributed by atoms with E-state index in [-0.39, 0.29) is 12.1 Å². The number of nitrogens with zero attached hydrogens (tertiary/aromatic N) is 1. The largest absolute Gasteiger partial charge is 0.393 e. The number of nitrogens with two attached hydrogens (primary N) is 2. The molecule has 0 radical (unpaired) electrons. The van der Waals surface area contributed by atoms with Crippen LogP contribution in [0.1, 0.15) is 37.7 Å². The molecule has 0 unspecified atom stereocenters. The van der Waals surface area contributed by atoms with Crippen LogP contribution < -0.4 is 16.9 Å². The lowest BCUT2D eigenvalue weighted by molar-refractivity contribution is 0.0631. The van der Waals surface area contributed by atoms with Crippen LogP contribution in [0.15, 0.2) is 35.4 Å². The molecule has 0 aromatic heterocycles. The van der Waals surface area contributed by atoms with Crippen molar-refractivity contribution in [2.24, 2.45) is 40.2 Å². The van der Waals surface area contributed by atoms with Gasteiger partial charge in [0.1, 0.15) is 0 Å². The Kier molecular flexibility index (Phi) is 4.76. The molecule has 3 rings (SSSR count). The topological polar surface area (TPSA) is 96.7 Å². The monoisotopic (exact) mass is 316 g/mol. The maximum absolute atomic E-state index is 10.6. The highest BCUT2D eigenvalue weighted by atomic mass is 16.3. The van der Waals surface area contributed by atoms with Gasteiger partial charge in [-0.2, -0.15) is 0 Å². The predicted molar refractivity (Wildman–Crippen MR) is 92.5 cm³/mol. The Morgan fingerprint density at radius 3 is 2.65 bits per heavy atom. The Balaban J connectivity index is 1.69. The normalized spacial score (nSPS) is 36.3. The molecular weight excluding hydrogens is 288 g/mol. The molecule has 6 atom stereocenters. The van der Waals surface area contributed by atoms with E-state index in [0.29, 0.717) is 29.6 Å². The molecule has 0 aliphatic heterocycles. The first-order valence-electron chi connectivity index (χ1n) is 8.60. The zero-order chi connectivity index (χ0) is 16.4. The van der Waals surface area contributed by atoms with E-state index < -0.39 is 0 Å². The van der Waals surface area contributed by atoms with E-state index in [2.05, 4.69) is 47.8 Å². The number of fused-ring (bicyclic) bond motifs is 1. The van der Waals surface area contributed by atoms with E-state index in [1.165, 1.54) is 12.0 Å². The minimum Gasteiger partial charge on any atom is -0.393 e. The van der Waals surface area contributed by atoms with Gasteiger partial charge >= 0.3 is 0 Å². The van der Waals surface area contributed by atoms with Gasteiger partial charge < -0.3 is 22.0 Å². The van der Waals surface area contributed by atoms with Crippen molar-refractivity contribution in [1.82, 2.24) is 5.43 Å². The number of hydrazone groups is 1. The molecule has 1 aromatic carbocycles. The lowest BCUT2D eigenvalue weighted by atomic mass is 9.65. The van der Waals surface area contributed by atoms with Crippen molar-refractivity contribution in [2.75, 3.05) is 6.54 Å². The summed E-state index contributed by atoms with van der Waals surface area (Å²) in [6, 6.07) is 10.7. The van der Waals surface area contributed by atoms with Crippen LogP contribution in [0.2, 0.25) is 0 Å². The Bertz CT molecular complexity index is 543. The molecule has 23 heavy (non-hydrogen) atoms. The summed E-state index contributed by atoms with van der Waals surface area (Å²) in [5.41, 5.74) is 15.1. The summed E-state index contributed by atoms with van der Waals surface area (Å²) in [5.74, 6) is 2.58. The standard InChI is InChI=1S/C18H28N4O/c1-11-7-13(12-5-3-2-4-6-12)8-15-16(23)9-14(17(11)15)10-21-22-18(19)20/h2-6,11,13-17,21,23H,7-10H2,1H3,(H4,19,20,22)/t11-,13+,14-,15-,16-,17-/m1/s1. The summed E-state index contributed by atoms with van der Waals surface area (Å²) < 4.78 is 0. The van der Waals surface area contributed by atoms with Crippen LogP contribution in [0.3, 0.4) is 0 Å². The minimum absolute atomic E-state index is 0.0564. The molecule has 5 nitrogen and oxygen atoms in total. The van der Waals surface area contributed by atoms with Crippen LogP contribution in [-0.4, -0.2) is 23.7 Å². The van der Waals surface area contributed by atoms with E-state index in [4.69, 9.17) is 11.5 Å². The molecule has 0 amide bonds. The van der Waals surface area contributed by atoms with Crippen LogP contribution in [0.4, 0.5) is 0 Å². The van der Waals surface area contributed by atoms with Gasteiger partial charge in [0.2, 0.25) is 5.96 Å². The van der Waals surface area contributed by atoms with Crippen LogP contribution >= 0.6 is 0 Å². The van der Waals surface area contributed by atoms with Gasteiger partial charge in [0.05, 0.1) is 6.10 Å². The summed E-state index contributed by atoms with van der Waals surface area (Å²) >= 11 is 0. The molecule has 0 bridgehead atoms. The number of aliphatic hydroxyl groups is 1. The van der Waals surface area contributed by atoms with Gasteiger partial charge in [-0.15, -0.1) is 5.10 Å². The fourth-order valence-corrected chi connectivity index (χ4v) is 4.95. The fraction of sp³-hybridized carbons (Fsp3) is 0.611. The Morgan fingerprint density at radius 1 is 1.22 bits per heavy atom. The molecule has 0 spiro atoms. The molecule has 6 N–H and O–H groups in total. The summed E-state index contributed by atoms with van der Waals surface area (Å²) in [6.07, 6.45) is 2.91. The Labute approximate surface area is 138 Å². The van der Waals surface area contributed by atoms with Gasteiger partial charge in [0, 0.05) is 6.54 Å². The third-order valence-electron chi connectivity index (χ3n) is 5.78. The third kappa shape index (κ3) is 3.44. The Morgan fingerprint density at radius 2 is 1.96 bits per heavy atom. The van der Waals surface area contributed by atoms with Crippen molar-refractivity contribution in [1.29, 1.82) is 0 Å². The van der Waals surface area contributed by atoms with Crippen molar-refractivity contribution >= 4 is 5.96 Å². The summed E-state index contributed by atoms with van der Waals surface area (Å²) in [6.45, 7) is 3.06. The molecule has 1 aromatic rings. The molecule has 2 saturated carbocycles. The number of nitrogens with one attached hydrogen (secondary N) is 1. The van der Waals surface area contributed by atoms with E-state index >= 15 is 0 Å². The number of guanidine groups is 1. The molecule has 2 aliphatic carbocycles. The highest BCUT2D eigenvalue weighted by Gasteiger charge is 2.48. The highest BCUT2D eigenvalue weighted by molar-refractivity contribution is 5.75. The fourth-order valence-electron chi connectivity index (χ4n) is 4.95. The van der Waals surface area contributed by atoms with Crippen LogP contribution in [-0.2, 0) is 0 Å². The first-order valence-corrected chi connectivity index (χ1v) is 8.60. The van der Waals surface area contributed by atoms with Crippen molar-refractivity contribution in [3.8, 4) is 0 Å². The predicted octanol–water partition coefficient (Wildman–Crippen LogP) is 1.59. The van der Waals surface area contributed by atoms with E-state index in [1.54, 1.807) is 0 Å². The molecule has 0 saturated heterocycles. The third-order valence-corrected chi connectivity index (χ3v) is 5.78. The first-order chi connectivity index (χ1) is 11.1. The van der Waals surface area contributed by atoms with Crippen LogP contribution in [0.25, 0.3) is 0 Å². The summed E-state index contributed by atoms with van der Waals surface area (Å²) in [7, 11) is 0. The first kappa shape index (κ1) is 16.1. The van der Waals surface area contributed by atoms with Gasteiger partial charge in [0.25, 0.3) is 0 Å². The van der Waals surface area contributed by atoms with Gasteiger partial charge in [-0.05, 0) is 54.4 Å². The van der Waals surface area contributed by atoms with Crippen molar-refractivity contribution in [3.63, 3.8) is 0 Å². The maximum atomic E-state index is 10.6. The molecule has 0 heterocycles. The second kappa shape index (κ2) is 6.79. The SMILES string of the molecule is C[C@@H]1C[C@H](c2ccccc2)C[C@H]2[C@H]1[C@@H](CNN=C(N)N)C[C@H]2O. The quantitative estimate of drug-likeness (QED) is 0.385. The molecular formula is C18H28N4O. The minimum atomic E-state index is -0.208. The lowest BCUT2D eigenvalue weighted by Gasteiger charge is -2.40. The highest BCUT2D eigenvalue weighted by Crippen LogP contribution is 2.52. The van der Waals surface area contributed by atoms with E-state index in [1.807, 2.05) is 0 Å². The Hall–Kier alpha value is -1.75. The van der Waals surface area contributed by atoms with E-state index in [0.717, 1.165) is 19.4 Å². The maximum Gasteiger partial charge on any atom is 0.208 e. The van der Waals surface area contributed by atoms with Crippen LogP contribution in [0, 0.1) is 23.7 Å². The van der Waals surface area contributed by atoms with Crippen LogP contribution in [0.5, 0.6) is 0 Å². The van der Waals surface area contributed by atoms with Gasteiger partial charge in [0.15, 0.2) is 0 Å². The number of rotatable bonds is 4. The second-order valence-electron chi connectivity index (χ2n) is 7.26. The summed E-state index contributed by atoms with van der Waals surface area (Å²) in [4.78, 5) is 0. The average molecular weight is 316 g/mol. The van der Waals surface area contributed by atoms with Crippen molar-refractivity contribution < 1.29 is 5.11 Å². The number of aliphatic hydroxyl groups excluding tert-OH is 1.